The number of ether oxygens (including phenoxy) is 1. The van der Waals surface area contributed by atoms with Crippen LogP contribution >= 0.6 is 0 Å². The highest BCUT2D eigenvalue weighted by molar-refractivity contribution is 4.90. The van der Waals surface area contributed by atoms with Gasteiger partial charge in [0, 0.05) is 0 Å². The largest absolute Gasteiger partial charge is 0.389 e. The SMILES string of the molecule is CCC(O)/C=C/COC/C=C/C(O)CC. The lowest BCUT2D eigenvalue weighted by Gasteiger charge is -2.00. The Hall–Kier alpha value is -0.640. The number of aliphatic hydroxyl groups is 2. The van der Waals surface area contributed by atoms with Crippen molar-refractivity contribution < 1.29 is 14.9 Å². The van der Waals surface area contributed by atoms with Crippen molar-refractivity contribution in [1.29, 1.82) is 0 Å². The normalized spacial score (nSPS) is 16.3. The predicted molar refractivity (Wildman–Crippen MR) is 61.7 cm³/mol. The van der Waals surface area contributed by atoms with Crippen molar-refractivity contribution in [3.05, 3.63) is 24.3 Å². The van der Waals surface area contributed by atoms with Crippen LogP contribution in [0, 0.1) is 0 Å². The third-order valence-electron chi connectivity index (χ3n) is 1.98. The second-order valence-electron chi connectivity index (χ2n) is 3.34. The van der Waals surface area contributed by atoms with Crippen LogP contribution in [0.3, 0.4) is 0 Å². The average Bonchev–Trinajstić information content (AvgIpc) is 2.26. The Kier molecular flexibility index (Phi) is 9.48. The van der Waals surface area contributed by atoms with Gasteiger partial charge in [-0.05, 0) is 12.8 Å². The maximum Gasteiger partial charge on any atom is 0.0719 e. The third kappa shape index (κ3) is 9.66. The Balaban J connectivity index is 3.39. The monoisotopic (exact) mass is 214 g/mol. The van der Waals surface area contributed by atoms with Crippen LogP contribution in [0.2, 0.25) is 0 Å². The van der Waals surface area contributed by atoms with Crippen LogP contribution in [0.25, 0.3) is 0 Å². The summed E-state index contributed by atoms with van der Waals surface area (Å²) in [6, 6.07) is 0. The van der Waals surface area contributed by atoms with Gasteiger partial charge in [0.1, 0.15) is 0 Å². The molecule has 15 heavy (non-hydrogen) atoms. The van der Waals surface area contributed by atoms with E-state index < -0.39 is 0 Å². The lowest BCUT2D eigenvalue weighted by Crippen LogP contribution is -2.01. The summed E-state index contributed by atoms with van der Waals surface area (Å²) in [4.78, 5) is 0. The van der Waals surface area contributed by atoms with Gasteiger partial charge in [0.15, 0.2) is 0 Å². The first-order valence-electron chi connectivity index (χ1n) is 5.47. The van der Waals surface area contributed by atoms with Gasteiger partial charge in [-0.2, -0.15) is 0 Å². The van der Waals surface area contributed by atoms with E-state index in [0.717, 1.165) is 12.8 Å². The van der Waals surface area contributed by atoms with Gasteiger partial charge in [0.05, 0.1) is 25.4 Å². The van der Waals surface area contributed by atoms with Gasteiger partial charge in [0.25, 0.3) is 0 Å². The van der Waals surface area contributed by atoms with Crippen molar-refractivity contribution in [2.24, 2.45) is 0 Å². The molecule has 0 rings (SSSR count). The molecule has 88 valence electrons. The Bertz CT molecular complexity index is 167. The molecule has 0 aliphatic heterocycles. The molecule has 0 saturated carbocycles. The second-order valence-corrected chi connectivity index (χ2v) is 3.34. The average molecular weight is 214 g/mol. The third-order valence-corrected chi connectivity index (χ3v) is 1.98. The van der Waals surface area contributed by atoms with Gasteiger partial charge >= 0.3 is 0 Å². The van der Waals surface area contributed by atoms with Crippen LogP contribution in [0.1, 0.15) is 26.7 Å². The van der Waals surface area contributed by atoms with Crippen LogP contribution in [0.5, 0.6) is 0 Å². The summed E-state index contributed by atoms with van der Waals surface area (Å²) in [5, 5.41) is 18.4. The Morgan fingerprint density at radius 3 is 1.67 bits per heavy atom. The molecule has 0 radical (unpaired) electrons. The van der Waals surface area contributed by atoms with E-state index in [-0.39, 0.29) is 12.2 Å². The van der Waals surface area contributed by atoms with Crippen LogP contribution in [0.4, 0.5) is 0 Å². The zero-order chi connectivity index (χ0) is 11.5. The van der Waals surface area contributed by atoms with Gasteiger partial charge in [-0.1, -0.05) is 38.2 Å². The summed E-state index contributed by atoms with van der Waals surface area (Å²) >= 11 is 0. The van der Waals surface area contributed by atoms with E-state index in [2.05, 4.69) is 0 Å². The summed E-state index contributed by atoms with van der Waals surface area (Å²) in [7, 11) is 0. The van der Waals surface area contributed by atoms with E-state index in [4.69, 9.17) is 4.74 Å². The number of rotatable bonds is 8. The molecule has 0 saturated heterocycles. The standard InChI is InChI=1S/C12H22O3/c1-3-11(13)7-5-9-15-10-6-8-12(14)4-2/h5-8,11-14H,3-4,9-10H2,1-2H3/b7-5+,8-6+. The van der Waals surface area contributed by atoms with Crippen molar-refractivity contribution in [3.63, 3.8) is 0 Å². The molecule has 0 aromatic heterocycles. The lowest BCUT2D eigenvalue weighted by atomic mass is 10.2. The molecule has 2 N–H and O–H groups in total. The zero-order valence-electron chi connectivity index (χ0n) is 9.60. The molecule has 0 amide bonds. The minimum atomic E-state index is -0.369. The van der Waals surface area contributed by atoms with Gasteiger partial charge in [-0.3, -0.25) is 0 Å². The Morgan fingerprint density at radius 2 is 1.33 bits per heavy atom. The summed E-state index contributed by atoms with van der Waals surface area (Å²) in [6.07, 6.45) is 7.77. The minimum absolute atomic E-state index is 0.369. The molecule has 0 fully saturated rings. The minimum Gasteiger partial charge on any atom is -0.389 e. The fraction of sp³-hybridized carbons (Fsp3) is 0.667. The summed E-state index contributed by atoms with van der Waals surface area (Å²) in [5.41, 5.74) is 0. The van der Waals surface area contributed by atoms with Crippen LogP contribution < -0.4 is 0 Å². The molecule has 0 heterocycles. The predicted octanol–water partition coefficient (Wildman–Crippen LogP) is 1.66. The van der Waals surface area contributed by atoms with Crippen LogP contribution in [0.15, 0.2) is 24.3 Å². The molecule has 3 heteroatoms. The molecule has 0 aliphatic carbocycles. The smallest absolute Gasteiger partial charge is 0.0719 e. The highest BCUT2D eigenvalue weighted by atomic mass is 16.5. The van der Waals surface area contributed by atoms with Crippen LogP contribution in [-0.2, 0) is 4.74 Å². The van der Waals surface area contributed by atoms with Gasteiger partial charge < -0.3 is 14.9 Å². The van der Waals surface area contributed by atoms with Gasteiger partial charge in [-0.25, -0.2) is 0 Å². The van der Waals surface area contributed by atoms with E-state index >= 15 is 0 Å². The molecule has 3 nitrogen and oxygen atoms in total. The van der Waals surface area contributed by atoms with Crippen LogP contribution in [-0.4, -0.2) is 35.6 Å². The van der Waals surface area contributed by atoms with Crippen molar-refractivity contribution in [3.8, 4) is 0 Å². The lowest BCUT2D eigenvalue weighted by molar-refractivity contribution is 0.185. The molecular weight excluding hydrogens is 192 g/mol. The topological polar surface area (TPSA) is 49.7 Å². The first-order valence-corrected chi connectivity index (χ1v) is 5.47. The molecule has 0 aliphatic rings. The molecular formula is C12H22O3. The summed E-state index contributed by atoms with van der Waals surface area (Å²) < 4.78 is 5.23. The van der Waals surface area contributed by atoms with Gasteiger partial charge in [-0.15, -0.1) is 0 Å². The number of aliphatic hydroxyl groups excluding tert-OH is 2. The first-order chi connectivity index (χ1) is 7.20. The molecule has 0 spiro atoms. The highest BCUT2D eigenvalue weighted by Crippen LogP contribution is 1.93. The molecule has 0 aromatic rings. The summed E-state index contributed by atoms with van der Waals surface area (Å²) in [5.74, 6) is 0. The first kappa shape index (κ1) is 14.4. The van der Waals surface area contributed by atoms with Crippen molar-refractivity contribution in [2.75, 3.05) is 13.2 Å². The summed E-state index contributed by atoms with van der Waals surface area (Å²) in [6.45, 7) is 4.82. The van der Waals surface area contributed by atoms with Crippen molar-refractivity contribution >= 4 is 0 Å². The number of hydrogen-bond donors (Lipinski definition) is 2. The van der Waals surface area contributed by atoms with E-state index in [0.29, 0.717) is 13.2 Å². The molecule has 2 unspecified atom stereocenters. The Morgan fingerprint density at radius 1 is 0.933 bits per heavy atom. The maximum atomic E-state index is 9.18. The quantitative estimate of drug-likeness (QED) is 0.477. The fourth-order valence-electron chi connectivity index (χ4n) is 0.902. The van der Waals surface area contributed by atoms with Crippen molar-refractivity contribution in [1.82, 2.24) is 0 Å². The van der Waals surface area contributed by atoms with Gasteiger partial charge in [0.2, 0.25) is 0 Å². The van der Waals surface area contributed by atoms with E-state index in [1.165, 1.54) is 0 Å². The Labute approximate surface area is 92.1 Å². The van der Waals surface area contributed by atoms with E-state index in [1.807, 2.05) is 13.8 Å². The van der Waals surface area contributed by atoms with E-state index in [9.17, 15) is 10.2 Å². The molecule has 2 atom stereocenters. The molecule has 0 aromatic carbocycles. The highest BCUT2D eigenvalue weighted by Gasteiger charge is 1.92. The molecule has 0 bridgehead atoms. The number of hydrogen-bond acceptors (Lipinski definition) is 3. The second kappa shape index (κ2) is 9.90. The zero-order valence-corrected chi connectivity index (χ0v) is 9.60. The fourth-order valence-corrected chi connectivity index (χ4v) is 0.902. The van der Waals surface area contributed by atoms with Crippen molar-refractivity contribution in [2.45, 2.75) is 38.9 Å². The maximum absolute atomic E-state index is 9.18. The van der Waals surface area contributed by atoms with E-state index in [1.54, 1.807) is 24.3 Å².